The zero-order valence-electron chi connectivity index (χ0n) is 19.4. The van der Waals surface area contributed by atoms with Crippen molar-refractivity contribution in [3.05, 3.63) is 41.5 Å². The lowest BCUT2D eigenvalue weighted by atomic mass is 10.1. The molecule has 9 heteroatoms. The molecule has 0 radical (unpaired) electrons. The Morgan fingerprint density at radius 1 is 1.09 bits per heavy atom. The summed E-state index contributed by atoms with van der Waals surface area (Å²) >= 11 is 0. The van der Waals surface area contributed by atoms with Gasteiger partial charge in [-0.3, -0.25) is 4.79 Å². The van der Waals surface area contributed by atoms with E-state index in [-0.39, 0.29) is 12.4 Å². The summed E-state index contributed by atoms with van der Waals surface area (Å²) in [5.74, 6) is -1.81. The second-order valence-corrected chi connectivity index (χ2v) is 7.77. The van der Waals surface area contributed by atoms with E-state index in [0.29, 0.717) is 43.2 Å². The third-order valence-corrected chi connectivity index (χ3v) is 4.79. The van der Waals surface area contributed by atoms with Crippen LogP contribution in [0.3, 0.4) is 0 Å². The van der Waals surface area contributed by atoms with Crippen molar-refractivity contribution < 1.29 is 39.2 Å². The number of carboxylic acids is 2. The monoisotopic (exact) mass is 465 g/mol. The van der Waals surface area contributed by atoms with Crippen LogP contribution in [0.2, 0.25) is 0 Å². The Morgan fingerprint density at radius 2 is 1.73 bits per heavy atom. The number of rotatable bonds is 12. The van der Waals surface area contributed by atoms with E-state index in [9.17, 15) is 19.5 Å². The molecule has 0 amide bonds. The predicted molar refractivity (Wildman–Crippen MR) is 123 cm³/mol. The molecular weight excluding hydrogens is 430 g/mol. The molecule has 2 rings (SSSR count). The van der Waals surface area contributed by atoms with Gasteiger partial charge in [-0.05, 0) is 57.5 Å². The van der Waals surface area contributed by atoms with Gasteiger partial charge in [-0.25, -0.2) is 9.59 Å². The number of aliphatic hydroxyl groups excluding tert-OH is 1. The lowest BCUT2D eigenvalue weighted by Gasteiger charge is -2.28. The normalized spacial score (nSPS) is 14.9. The number of β-amino-alcohol motifs (C(OH)–C–C–N with tert-alkyl or cyclic N) is 1. The van der Waals surface area contributed by atoms with Crippen LogP contribution < -0.4 is 4.74 Å². The summed E-state index contributed by atoms with van der Waals surface area (Å²) in [6.45, 7) is 7.69. The van der Waals surface area contributed by atoms with Crippen molar-refractivity contribution in [2.24, 2.45) is 0 Å². The summed E-state index contributed by atoms with van der Waals surface area (Å²) in [7, 11) is 0. The summed E-state index contributed by atoms with van der Waals surface area (Å²) in [6, 6.07) is 5.39. The number of carbonyl (C=O) groups is 3. The maximum atomic E-state index is 11.6. The Morgan fingerprint density at radius 3 is 2.27 bits per heavy atom. The highest BCUT2D eigenvalue weighted by Gasteiger charge is 2.16. The molecule has 0 aliphatic carbocycles. The van der Waals surface area contributed by atoms with Gasteiger partial charge in [0.2, 0.25) is 0 Å². The first kappa shape index (κ1) is 28.3. The first-order valence-corrected chi connectivity index (χ1v) is 11.1. The molecule has 1 saturated heterocycles. The fourth-order valence-corrected chi connectivity index (χ4v) is 3.20. The summed E-state index contributed by atoms with van der Waals surface area (Å²) in [4.78, 5) is 33.0. The summed E-state index contributed by atoms with van der Waals surface area (Å²) in [6.07, 6.45) is 5.24. The number of aliphatic carboxylic acids is 2. The summed E-state index contributed by atoms with van der Waals surface area (Å²) in [5.41, 5.74) is 1.50. The van der Waals surface area contributed by atoms with Crippen molar-refractivity contribution in [2.45, 2.75) is 52.2 Å². The van der Waals surface area contributed by atoms with Crippen LogP contribution in [0.5, 0.6) is 5.75 Å². The Bertz CT molecular complexity index is 771. The Balaban J connectivity index is 0.000000582. The zero-order valence-corrected chi connectivity index (χ0v) is 19.4. The van der Waals surface area contributed by atoms with Crippen LogP contribution in [0.15, 0.2) is 30.4 Å². The van der Waals surface area contributed by atoms with Crippen LogP contribution in [0, 0.1) is 0 Å². The minimum absolute atomic E-state index is 0.0217. The third kappa shape index (κ3) is 12.8. The standard InChI is InChI=1S/C20H31NO4.C4H4O4/c1-3-11-24-14-18-12-17(16(2)22)7-8-20(18)25-15-19(23)13-21-9-5-4-6-10-21;5-3(6)1-2-4(7)8/h7-8,12,19,23H,3-6,9-11,13-15H2,1-2H3;1-2H,(H,5,6)(H,7,8)/b;2-1+. The maximum Gasteiger partial charge on any atom is 0.328 e. The van der Waals surface area contributed by atoms with E-state index in [2.05, 4.69) is 11.8 Å². The van der Waals surface area contributed by atoms with Gasteiger partial charge in [0.1, 0.15) is 18.5 Å². The predicted octanol–water partition coefficient (Wildman–Crippen LogP) is 2.75. The third-order valence-electron chi connectivity index (χ3n) is 4.79. The molecule has 3 N–H and O–H groups in total. The number of carboxylic acid groups (broad SMARTS) is 2. The Hall–Kier alpha value is -2.75. The minimum Gasteiger partial charge on any atom is -0.490 e. The van der Waals surface area contributed by atoms with E-state index in [1.54, 1.807) is 19.1 Å². The van der Waals surface area contributed by atoms with Gasteiger partial charge in [0.15, 0.2) is 5.78 Å². The second kappa shape index (κ2) is 16.0. The number of carbonyl (C=O) groups excluding carboxylic acids is 1. The molecule has 0 aromatic heterocycles. The molecule has 0 bridgehead atoms. The van der Waals surface area contributed by atoms with Crippen LogP contribution in [-0.4, -0.2) is 76.9 Å². The largest absolute Gasteiger partial charge is 0.490 e. The lowest BCUT2D eigenvalue weighted by Crippen LogP contribution is -2.38. The van der Waals surface area contributed by atoms with Crippen molar-refractivity contribution in [1.82, 2.24) is 4.90 Å². The molecule has 1 fully saturated rings. The number of aliphatic hydroxyl groups is 1. The van der Waals surface area contributed by atoms with E-state index >= 15 is 0 Å². The Kier molecular flexibility index (Phi) is 13.7. The quantitative estimate of drug-likeness (QED) is 0.242. The van der Waals surface area contributed by atoms with Gasteiger partial charge < -0.3 is 29.7 Å². The van der Waals surface area contributed by atoms with Crippen molar-refractivity contribution >= 4 is 17.7 Å². The number of likely N-dealkylation sites (tertiary alicyclic amines) is 1. The van der Waals surface area contributed by atoms with Crippen molar-refractivity contribution in [2.75, 3.05) is 32.8 Å². The van der Waals surface area contributed by atoms with Crippen molar-refractivity contribution in [1.29, 1.82) is 0 Å². The number of hydrogen-bond acceptors (Lipinski definition) is 7. The van der Waals surface area contributed by atoms with Crippen LogP contribution in [0.25, 0.3) is 0 Å². The topological polar surface area (TPSA) is 134 Å². The number of benzene rings is 1. The molecule has 1 aromatic carbocycles. The highest BCUT2D eigenvalue weighted by molar-refractivity contribution is 5.94. The Labute approximate surface area is 194 Å². The lowest BCUT2D eigenvalue weighted by molar-refractivity contribution is -0.134. The SMILES string of the molecule is CCCOCc1cc(C(C)=O)ccc1OCC(O)CN1CCCCC1.O=C(O)/C=C/C(=O)O. The van der Waals surface area contributed by atoms with Gasteiger partial charge in [-0.2, -0.15) is 0 Å². The fraction of sp³-hybridized carbons (Fsp3) is 0.542. The smallest absolute Gasteiger partial charge is 0.328 e. The van der Waals surface area contributed by atoms with Crippen LogP contribution in [0.4, 0.5) is 0 Å². The first-order valence-electron chi connectivity index (χ1n) is 11.1. The van der Waals surface area contributed by atoms with Crippen LogP contribution in [0.1, 0.15) is 55.5 Å². The van der Waals surface area contributed by atoms with Gasteiger partial charge in [-0.1, -0.05) is 13.3 Å². The molecule has 1 atom stereocenters. The molecule has 0 saturated carbocycles. The first-order chi connectivity index (χ1) is 15.7. The van der Waals surface area contributed by atoms with Crippen LogP contribution in [-0.2, 0) is 20.9 Å². The van der Waals surface area contributed by atoms with E-state index in [1.807, 2.05) is 6.07 Å². The molecule has 1 aliphatic rings. The molecule has 1 aromatic rings. The molecule has 1 heterocycles. The van der Waals surface area contributed by atoms with E-state index < -0.39 is 18.0 Å². The van der Waals surface area contributed by atoms with Gasteiger partial charge in [-0.15, -0.1) is 0 Å². The van der Waals surface area contributed by atoms with Gasteiger partial charge in [0, 0.05) is 36.4 Å². The fourth-order valence-electron chi connectivity index (χ4n) is 3.20. The van der Waals surface area contributed by atoms with Crippen molar-refractivity contribution in [3.63, 3.8) is 0 Å². The van der Waals surface area contributed by atoms with Gasteiger partial charge in [0.05, 0.1) is 6.61 Å². The molecule has 1 aliphatic heterocycles. The molecule has 1 unspecified atom stereocenters. The molecular formula is C24H35NO8. The average Bonchev–Trinajstić information content (AvgIpc) is 2.78. The maximum absolute atomic E-state index is 11.6. The van der Waals surface area contributed by atoms with E-state index in [0.717, 1.165) is 25.1 Å². The minimum atomic E-state index is -1.26. The number of piperidine rings is 1. The zero-order chi connectivity index (χ0) is 24.6. The molecule has 9 nitrogen and oxygen atoms in total. The molecule has 0 spiro atoms. The van der Waals surface area contributed by atoms with Crippen LogP contribution >= 0.6 is 0 Å². The average molecular weight is 466 g/mol. The summed E-state index contributed by atoms with van der Waals surface area (Å²) < 4.78 is 11.4. The van der Waals surface area contributed by atoms with Crippen molar-refractivity contribution in [3.8, 4) is 5.75 Å². The highest BCUT2D eigenvalue weighted by atomic mass is 16.5. The van der Waals surface area contributed by atoms with E-state index in [1.165, 1.54) is 19.3 Å². The number of ether oxygens (including phenoxy) is 2. The molecule has 184 valence electrons. The summed E-state index contributed by atoms with van der Waals surface area (Å²) in [5, 5.41) is 25.9. The molecule has 33 heavy (non-hydrogen) atoms. The number of Topliss-reactive ketones (excluding diaryl/α,β-unsaturated/α-hetero) is 1. The highest BCUT2D eigenvalue weighted by Crippen LogP contribution is 2.22. The van der Waals surface area contributed by atoms with E-state index in [4.69, 9.17) is 19.7 Å². The second-order valence-electron chi connectivity index (χ2n) is 7.77. The number of ketones is 1. The number of nitrogens with zero attached hydrogens (tertiary/aromatic N) is 1. The van der Waals surface area contributed by atoms with Gasteiger partial charge >= 0.3 is 11.9 Å². The van der Waals surface area contributed by atoms with Gasteiger partial charge in [0.25, 0.3) is 0 Å². The number of hydrogen-bond donors (Lipinski definition) is 3.